The first-order valence-corrected chi connectivity index (χ1v) is 6.59. The number of amides is 1. The number of carbonyl (C=O) groups excluding carboxylic acids is 1. The van der Waals surface area contributed by atoms with Crippen LogP contribution in [0.5, 0.6) is 5.75 Å². The molecule has 0 fully saturated rings. The van der Waals surface area contributed by atoms with E-state index in [4.69, 9.17) is 4.74 Å². The van der Waals surface area contributed by atoms with Gasteiger partial charge in [-0.05, 0) is 30.9 Å². The van der Waals surface area contributed by atoms with E-state index in [0.717, 1.165) is 17.7 Å². The third-order valence-corrected chi connectivity index (χ3v) is 2.76. The summed E-state index contributed by atoms with van der Waals surface area (Å²) in [5.74, 6) is 1.12. The van der Waals surface area contributed by atoms with E-state index in [2.05, 4.69) is 19.2 Å². The lowest BCUT2D eigenvalue weighted by atomic mass is 10.0. The van der Waals surface area contributed by atoms with Crippen LogP contribution < -0.4 is 10.1 Å². The molecule has 0 aliphatic carbocycles. The molecule has 0 saturated heterocycles. The summed E-state index contributed by atoms with van der Waals surface area (Å²) in [6.45, 7) is 8.73. The zero-order chi connectivity index (χ0) is 13.5. The van der Waals surface area contributed by atoms with Gasteiger partial charge in [0.25, 0.3) is 5.91 Å². The summed E-state index contributed by atoms with van der Waals surface area (Å²) in [6.07, 6.45) is 0.470. The van der Waals surface area contributed by atoms with Crippen molar-refractivity contribution in [2.45, 2.75) is 46.1 Å². The molecule has 0 aliphatic rings. The molecule has 0 heterocycles. The predicted molar refractivity (Wildman–Crippen MR) is 73.9 cm³/mol. The Labute approximate surface area is 110 Å². The summed E-state index contributed by atoms with van der Waals surface area (Å²) >= 11 is 0. The van der Waals surface area contributed by atoms with Crippen LogP contribution in [-0.4, -0.2) is 18.6 Å². The molecule has 3 heteroatoms. The lowest BCUT2D eigenvalue weighted by Gasteiger charge is -2.18. The standard InChI is InChI=1S/C15H23NO2/c1-5-10-16-15(17)12(4)18-14-9-7-6-8-13(14)11(2)3/h6-9,11-12H,5,10H2,1-4H3,(H,16,17). The zero-order valence-electron chi connectivity index (χ0n) is 11.7. The van der Waals surface area contributed by atoms with Crippen molar-refractivity contribution in [1.82, 2.24) is 5.32 Å². The van der Waals surface area contributed by atoms with Crippen molar-refractivity contribution in [3.63, 3.8) is 0 Å². The van der Waals surface area contributed by atoms with E-state index in [-0.39, 0.29) is 5.91 Å². The van der Waals surface area contributed by atoms with Crippen LogP contribution >= 0.6 is 0 Å². The van der Waals surface area contributed by atoms with Crippen molar-refractivity contribution in [1.29, 1.82) is 0 Å². The number of rotatable bonds is 6. The average molecular weight is 249 g/mol. The van der Waals surface area contributed by atoms with E-state index in [1.54, 1.807) is 6.92 Å². The first-order chi connectivity index (χ1) is 8.56. The van der Waals surface area contributed by atoms with Gasteiger partial charge >= 0.3 is 0 Å². The van der Waals surface area contributed by atoms with Crippen LogP contribution in [0.4, 0.5) is 0 Å². The van der Waals surface area contributed by atoms with Crippen LogP contribution in [0.25, 0.3) is 0 Å². The number of hydrogen-bond donors (Lipinski definition) is 1. The lowest BCUT2D eigenvalue weighted by molar-refractivity contribution is -0.127. The molecule has 1 N–H and O–H groups in total. The van der Waals surface area contributed by atoms with Gasteiger partial charge in [0, 0.05) is 6.54 Å². The van der Waals surface area contributed by atoms with Gasteiger partial charge in [0.15, 0.2) is 6.10 Å². The monoisotopic (exact) mass is 249 g/mol. The molecule has 1 aromatic rings. The molecule has 1 rings (SSSR count). The highest BCUT2D eigenvalue weighted by molar-refractivity contribution is 5.80. The molecule has 0 saturated carbocycles. The van der Waals surface area contributed by atoms with Gasteiger partial charge in [-0.15, -0.1) is 0 Å². The molecule has 18 heavy (non-hydrogen) atoms. The Morgan fingerprint density at radius 1 is 1.28 bits per heavy atom. The smallest absolute Gasteiger partial charge is 0.260 e. The van der Waals surface area contributed by atoms with Crippen molar-refractivity contribution in [2.24, 2.45) is 0 Å². The number of para-hydroxylation sites is 1. The number of benzene rings is 1. The SMILES string of the molecule is CCCNC(=O)C(C)Oc1ccccc1C(C)C. The summed E-state index contributed by atoms with van der Waals surface area (Å²) in [4.78, 5) is 11.8. The van der Waals surface area contributed by atoms with Gasteiger partial charge in [0.1, 0.15) is 5.75 Å². The zero-order valence-corrected chi connectivity index (χ0v) is 11.7. The lowest BCUT2D eigenvalue weighted by Crippen LogP contribution is -2.36. The van der Waals surface area contributed by atoms with Crippen LogP contribution in [-0.2, 0) is 4.79 Å². The summed E-state index contributed by atoms with van der Waals surface area (Å²) in [6, 6.07) is 7.87. The minimum atomic E-state index is -0.462. The number of carbonyl (C=O) groups is 1. The van der Waals surface area contributed by atoms with Crippen LogP contribution in [0.2, 0.25) is 0 Å². The maximum absolute atomic E-state index is 11.8. The van der Waals surface area contributed by atoms with Gasteiger partial charge < -0.3 is 10.1 Å². The van der Waals surface area contributed by atoms with E-state index in [1.165, 1.54) is 0 Å². The van der Waals surface area contributed by atoms with Gasteiger partial charge in [0.05, 0.1) is 0 Å². The fraction of sp³-hybridized carbons (Fsp3) is 0.533. The average Bonchev–Trinajstić information content (AvgIpc) is 2.36. The fourth-order valence-corrected chi connectivity index (χ4v) is 1.70. The highest BCUT2D eigenvalue weighted by Gasteiger charge is 2.16. The molecule has 1 amide bonds. The van der Waals surface area contributed by atoms with E-state index in [9.17, 15) is 4.79 Å². The Morgan fingerprint density at radius 3 is 2.56 bits per heavy atom. The van der Waals surface area contributed by atoms with Crippen molar-refractivity contribution in [3.05, 3.63) is 29.8 Å². The molecule has 0 spiro atoms. The first kappa shape index (κ1) is 14.6. The van der Waals surface area contributed by atoms with Gasteiger partial charge in [0.2, 0.25) is 0 Å². The highest BCUT2D eigenvalue weighted by Crippen LogP contribution is 2.26. The highest BCUT2D eigenvalue weighted by atomic mass is 16.5. The van der Waals surface area contributed by atoms with Crippen LogP contribution in [0.3, 0.4) is 0 Å². The second-order valence-electron chi connectivity index (χ2n) is 4.74. The molecular formula is C15H23NO2. The Bertz CT molecular complexity index is 388. The normalized spacial score (nSPS) is 12.3. The van der Waals surface area contributed by atoms with Crippen LogP contribution in [0.1, 0.15) is 45.6 Å². The first-order valence-electron chi connectivity index (χ1n) is 6.59. The fourth-order valence-electron chi connectivity index (χ4n) is 1.70. The van der Waals surface area contributed by atoms with Crippen molar-refractivity contribution in [2.75, 3.05) is 6.54 Å². The van der Waals surface area contributed by atoms with E-state index in [1.807, 2.05) is 31.2 Å². The van der Waals surface area contributed by atoms with Crippen LogP contribution in [0, 0.1) is 0 Å². The Kier molecular flexibility index (Phi) is 5.69. The third kappa shape index (κ3) is 4.06. The van der Waals surface area contributed by atoms with E-state index in [0.29, 0.717) is 12.5 Å². The van der Waals surface area contributed by atoms with Crippen molar-refractivity contribution in [3.8, 4) is 5.75 Å². The molecule has 100 valence electrons. The maximum Gasteiger partial charge on any atom is 0.260 e. The molecular weight excluding hydrogens is 226 g/mol. The Hall–Kier alpha value is -1.51. The second kappa shape index (κ2) is 7.04. The quantitative estimate of drug-likeness (QED) is 0.841. The summed E-state index contributed by atoms with van der Waals surface area (Å²) < 4.78 is 5.75. The van der Waals surface area contributed by atoms with E-state index >= 15 is 0 Å². The summed E-state index contributed by atoms with van der Waals surface area (Å²) in [5, 5.41) is 2.84. The minimum Gasteiger partial charge on any atom is -0.481 e. The number of ether oxygens (including phenoxy) is 1. The molecule has 0 aromatic heterocycles. The number of nitrogens with one attached hydrogen (secondary N) is 1. The maximum atomic E-state index is 11.8. The second-order valence-corrected chi connectivity index (χ2v) is 4.74. The summed E-state index contributed by atoms with van der Waals surface area (Å²) in [7, 11) is 0. The number of hydrogen-bond acceptors (Lipinski definition) is 2. The molecule has 0 bridgehead atoms. The third-order valence-electron chi connectivity index (χ3n) is 2.76. The van der Waals surface area contributed by atoms with Crippen molar-refractivity contribution < 1.29 is 9.53 Å². The minimum absolute atomic E-state index is 0.0598. The van der Waals surface area contributed by atoms with Gasteiger partial charge in [-0.3, -0.25) is 4.79 Å². The van der Waals surface area contributed by atoms with Gasteiger partial charge in [-0.1, -0.05) is 39.0 Å². The van der Waals surface area contributed by atoms with Gasteiger partial charge in [-0.25, -0.2) is 0 Å². The molecule has 1 aromatic carbocycles. The molecule has 0 aliphatic heterocycles. The Morgan fingerprint density at radius 2 is 1.94 bits per heavy atom. The Balaban J connectivity index is 2.69. The van der Waals surface area contributed by atoms with E-state index < -0.39 is 6.10 Å². The van der Waals surface area contributed by atoms with Crippen LogP contribution in [0.15, 0.2) is 24.3 Å². The molecule has 1 unspecified atom stereocenters. The molecule has 1 atom stereocenters. The topological polar surface area (TPSA) is 38.3 Å². The van der Waals surface area contributed by atoms with Gasteiger partial charge in [-0.2, -0.15) is 0 Å². The van der Waals surface area contributed by atoms with Crippen molar-refractivity contribution >= 4 is 5.91 Å². The molecule has 0 radical (unpaired) electrons. The predicted octanol–water partition coefficient (Wildman–Crippen LogP) is 3.10. The largest absolute Gasteiger partial charge is 0.481 e. The summed E-state index contributed by atoms with van der Waals surface area (Å²) in [5.41, 5.74) is 1.13. The molecule has 3 nitrogen and oxygen atoms in total.